The summed E-state index contributed by atoms with van der Waals surface area (Å²) >= 11 is 0. The number of terminal acetylenes is 1. The number of hydrogen-bond acceptors (Lipinski definition) is 4. The molecule has 0 saturated carbocycles. The molecule has 7 nitrogen and oxygen atoms in total. The van der Waals surface area contributed by atoms with Crippen molar-refractivity contribution in [3.8, 4) is 12.3 Å². The molecule has 5 rings (SSSR count). The van der Waals surface area contributed by atoms with Crippen LogP contribution in [0.5, 0.6) is 0 Å². The fourth-order valence-electron chi connectivity index (χ4n) is 4.98. The average molecular weight is 468 g/mol. The molecule has 0 aliphatic carbocycles. The third-order valence-electron chi connectivity index (χ3n) is 6.89. The second-order valence-electron chi connectivity index (χ2n) is 8.91. The monoisotopic (exact) mass is 467 g/mol. The third-order valence-corrected chi connectivity index (χ3v) is 6.89. The van der Waals surface area contributed by atoms with Gasteiger partial charge in [0.25, 0.3) is 11.8 Å². The number of rotatable bonds is 4. The highest BCUT2D eigenvalue weighted by Crippen LogP contribution is 2.26. The Morgan fingerprint density at radius 3 is 2.43 bits per heavy atom. The minimum atomic E-state index is -0.0770. The van der Waals surface area contributed by atoms with E-state index in [1.807, 2.05) is 40.8 Å². The Kier molecular flexibility index (Phi) is 6.28. The molecule has 2 amide bonds. The van der Waals surface area contributed by atoms with Crippen molar-refractivity contribution < 1.29 is 9.59 Å². The van der Waals surface area contributed by atoms with Gasteiger partial charge in [0, 0.05) is 73.8 Å². The highest BCUT2D eigenvalue weighted by atomic mass is 16.2. The molecule has 0 unspecified atom stereocenters. The first-order valence-corrected chi connectivity index (χ1v) is 12.1. The van der Waals surface area contributed by atoms with Crippen molar-refractivity contribution in [1.29, 1.82) is 0 Å². The molecule has 0 radical (unpaired) electrons. The standard InChI is InChI=1S/C28H29N5O2/c1-3-21-9-8-10-22(19-21)27(34)32-14-13-25-24(20-32)26(29-33(25)4-2)28(35)31-17-15-30(16-18-31)23-11-6-5-7-12-23/h1,5-12,19H,4,13-18,20H2,2H3. The molecule has 3 heterocycles. The van der Waals surface area contributed by atoms with Crippen molar-refractivity contribution in [2.45, 2.75) is 26.4 Å². The first kappa shape index (κ1) is 22.7. The smallest absolute Gasteiger partial charge is 0.274 e. The predicted octanol–water partition coefficient (Wildman–Crippen LogP) is 3.05. The molecule has 0 spiro atoms. The van der Waals surface area contributed by atoms with Gasteiger partial charge in [-0.15, -0.1) is 6.42 Å². The minimum Gasteiger partial charge on any atom is -0.368 e. The summed E-state index contributed by atoms with van der Waals surface area (Å²) in [5, 5.41) is 4.70. The van der Waals surface area contributed by atoms with E-state index in [-0.39, 0.29) is 11.8 Å². The number of amides is 2. The van der Waals surface area contributed by atoms with E-state index >= 15 is 0 Å². The van der Waals surface area contributed by atoms with E-state index in [1.165, 1.54) is 5.69 Å². The van der Waals surface area contributed by atoms with Crippen molar-refractivity contribution >= 4 is 17.5 Å². The van der Waals surface area contributed by atoms with Gasteiger partial charge in [0.05, 0.1) is 6.54 Å². The van der Waals surface area contributed by atoms with E-state index in [1.54, 1.807) is 23.1 Å². The minimum absolute atomic E-state index is 0.0511. The lowest BCUT2D eigenvalue weighted by molar-refractivity contribution is 0.0709. The van der Waals surface area contributed by atoms with Crippen LogP contribution in [0.15, 0.2) is 54.6 Å². The lowest BCUT2D eigenvalue weighted by atomic mass is 10.0. The molecule has 0 bridgehead atoms. The molecular formula is C28H29N5O2. The molecule has 2 aliphatic rings. The van der Waals surface area contributed by atoms with Crippen LogP contribution in [0.4, 0.5) is 5.69 Å². The summed E-state index contributed by atoms with van der Waals surface area (Å²) in [6.07, 6.45) is 6.19. The van der Waals surface area contributed by atoms with E-state index < -0.39 is 0 Å². The normalized spacial score (nSPS) is 15.5. The summed E-state index contributed by atoms with van der Waals surface area (Å²) < 4.78 is 1.92. The predicted molar refractivity (Wildman–Crippen MR) is 135 cm³/mol. The zero-order chi connectivity index (χ0) is 24.4. The van der Waals surface area contributed by atoms with E-state index in [2.05, 4.69) is 23.0 Å². The Morgan fingerprint density at radius 1 is 0.943 bits per heavy atom. The highest BCUT2D eigenvalue weighted by Gasteiger charge is 2.33. The SMILES string of the molecule is C#Cc1cccc(C(=O)N2CCc3c(c(C(=O)N4CCN(c5ccccc5)CC4)nn3CC)C2)c1. The number of para-hydroxylation sites is 1. The number of nitrogens with zero attached hydrogens (tertiary/aromatic N) is 5. The van der Waals surface area contributed by atoms with Gasteiger partial charge >= 0.3 is 0 Å². The molecule has 35 heavy (non-hydrogen) atoms. The molecule has 2 aromatic carbocycles. The summed E-state index contributed by atoms with van der Waals surface area (Å²) in [5.41, 5.74) is 4.82. The Balaban J connectivity index is 1.34. The number of anilines is 1. The van der Waals surface area contributed by atoms with Crippen LogP contribution >= 0.6 is 0 Å². The first-order chi connectivity index (χ1) is 17.1. The van der Waals surface area contributed by atoms with Gasteiger partial charge in [-0.1, -0.05) is 30.2 Å². The van der Waals surface area contributed by atoms with Gasteiger partial charge in [0.1, 0.15) is 0 Å². The zero-order valence-electron chi connectivity index (χ0n) is 20.0. The number of aryl methyl sites for hydroxylation is 1. The quantitative estimate of drug-likeness (QED) is 0.554. The number of benzene rings is 2. The fraction of sp³-hybridized carbons (Fsp3) is 0.321. The maximum absolute atomic E-state index is 13.6. The van der Waals surface area contributed by atoms with Crippen molar-refractivity contribution in [2.24, 2.45) is 0 Å². The summed E-state index contributed by atoms with van der Waals surface area (Å²) in [7, 11) is 0. The topological polar surface area (TPSA) is 61.7 Å². The Hall–Kier alpha value is -4.05. The number of fused-ring (bicyclic) bond motifs is 1. The summed E-state index contributed by atoms with van der Waals surface area (Å²) in [6.45, 7) is 6.52. The van der Waals surface area contributed by atoms with Crippen LogP contribution in [-0.2, 0) is 19.5 Å². The Labute approximate surface area is 205 Å². The summed E-state index contributed by atoms with van der Waals surface area (Å²) in [4.78, 5) is 32.8. The van der Waals surface area contributed by atoms with E-state index in [4.69, 9.17) is 11.5 Å². The van der Waals surface area contributed by atoms with E-state index in [0.717, 1.165) is 24.3 Å². The van der Waals surface area contributed by atoms with Crippen LogP contribution in [0.2, 0.25) is 0 Å². The summed E-state index contributed by atoms with van der Waals surface area (Å²) in [6, 6.07) is 17.4. The maximum Gasteiger partial charge on any atom is 0.274 e. The average Bonchev–Trinajstić information content (AvgIpc) is 3.31. The molecule has 1 aromatic heterocycles. The first-order valence-electron chi connectivity index (χ1n) is 12.1. The number of carbonyl (C=O) groups excluding carboxylic acids is 2. The fourth-order valence-corrected chi connectivity index (χ4v) is 4.98. The molecule has 1 saturated heterocycles. The summed E-state index contributed by atoms with van der Waals surface area (Å²) in [5.74, 6) is 2.46. The van der Waals surface area contributed by atoms with Crippen LogP contribution in [0, 0.1) is 12.3 Å². The highest BCUT2D eigenvalue weighted by molar-refractivity contribution is 5.96. The second kappa shape index (κ2) is 9.67. The maximum atomic E-state index is 13.6. The largest absolute Gasteiger partial charge is 0.368 e. The van der Waals surface area contributed by atoms with Gasteiger partial charge in [-0.2, -0.15) is 5.10 Å². The van der Waals surface area contributed by atoms with E-state index in [9.17, 15) is 9.59 Å². The Bertz CT molecular complexity index is 1280. The zero-order valence-corrected chi connectivity index (χ0v) is 20.0. The molecule has 2 aliphatic heterocycles. The third kappa shape index (κ3) is 4.40. The van der Waals surface area contributed by atoms with Gasteiger partial charge in [-0.05, 0) is 37.3 Å². The molecule has 178 valence electrons. The van der Waals surface area contributed by atoms with Gasteiger partial charge < -0.3 is 14.7 Å². The lowest BCUT2D eigenvalue weighted by Crippen LogP contribution is -2.49. The van der Waals surface area contributed by atoms with Crippen molar-refractivity contribution in [3.63, 3.8) is 0 Å². The van der Waals surface area contributed by atoms with Crippen molar-refractivity contribution in [2.75, 3.05) is 37.6 Å². The Morgan fingerprint density at radius 2 is 1.71 bits per heavy atom. The van der Waals surface area contributed by atoms with Gasteiger partial charge in [-0.25, -0.2) is 0 Å². The number of carbonyl (C=O) groups is 2. The van der Waals surface area contributed by atoms with Crippen molar-refractivity contribution in [1.82, 2.24) is 19.6 Å². The number of piperazine rings is 1. The number of aromatic nitrogens is 2. The van der Waals surface area contributed by atoms with Crippen LogP contribution in [0.1, 0.15) is 44.6 Å². The van der Waals surface area contributed by atoms with Gasteiger partial charge in [0.2, 0.25) is 0 Å². The number of hydrogen-bond donors (Lipinski definition) is 0. The molecule has 3 aromatic rings. The van der Waals surface area contributed by atoms with Crippen LogP contribution in [0.25, 0.3) is 0 Å². The molecular weight excluding hydrogens is 438 g/mol. The molecule has 0 atom stereocenters. The lowest BCUT2D eigenvalue weighted by Gasteiger charge is -2.36. The van der Waals surface area contributed by atoms with Crippen LogP contribution < -0.4 is 4.90 Å². The molecule has 1 fully saturated rings. The van der Waals surface area contributed by atoms with Crippen molar-refractivity contribution in [3.05, 3.63) is 82.7 Å². The van der Waals surface area contributed by atoms with Crippen LogP contribution in [0.3, 0.4) is 0 Å². The molecule has 7 heteroatoms. The van der Waals surface area contributed by atoms with E-state index in [0.29, 0.717) is 56.0 Å². The van der Waals surface area contributed by atoms with Gasteiger partial charge in [0.15, 0.2) is 5.69 Å². The van der Waals surface area contributed by atoms with Crippen LogP contribution in [-0.4, -0.2) is 64.1 Å². The second-order valence-corrected chi connectivity index (χ2v) is 8.91. The molecule has 0 N–H and O–H groups in total. The van der Waals surface area contributed by atoms with Gasteiger partial charge in [-0.3, -0.25) is 14.3 Å².